The average Bonchev–Trinajstić information content (AvgIpc) is 3.57. The molecular weight excluding hydrogens is 606 g/mol. The van der Waals surface area contributed by atoms with Crippen molar-refractivity contribution in [2.45, 2.75) is 51.4 Å². The van der Waals surface area contributed by atoms with Crippen LogP contribution in [0.15, 0.2) is 40.9 Å². The highest BCUT2D eigenvalue weighted by Crippen LogP contribution is 2.43. The van der Waals surface area contributed by atoms with Crippen LogP contribution in [0.2, 0.25) is 0 Å². The maximum Gasteiger partial charge on any atom is 0.310 e. The Hall–Kier alpha value is -3.37. The van der Waals surface area contributed by atoms with E-state index in [-0.39, 0.29) is 12.3 Å². The molecule has 4 aromatic rings. The maximum absolute atomic E-state index is 13.6. The quantitative estimate of drug-likeness (QED) is 0.174. The number of aromatic nitrogens is 2. The number of nitrogens with one attached hydrogen (secondary N) is 2. The topological polar surface area (TPSA) is 103 Å². The first-order valence-electron chi connectivity index (χ1n) is 13.8. The fourth-order valence-electron chi connectivity index (χ4n) is 5.59. The number of aromatic amines is 1. The standard InChI is InChI=1S/C31H34BrN3O5S/c1-38-24-17-25(39-2)22(32)15-21(24)28-26(14-13-18-9-5-4-6-10-18)41-31(34-28)35-30(37)29-20(16-27(36)40-3)19-11-7-8-12-23(19)33-29/h7-8,11-12,15,17-18,33H,4-6,9-10,13-14,16H2,1-3H3,(H,34,35,37). The smallest absolute Gasteiger partial charge is 0.310 e. The van der Waals surface area contributed by atoms with E-state index in [1.807, 2.05) is 36.4 Å². The molecule has 1 aliphatic carbocycles. The van der Waals surface area contributed by atoms with Crippen molar-refractivity contribution < 1.29 is 23.8 Å². The van der Waals surface area contributed by atoms with Crippen LogP contribution in [-0.2, 0) is 22.4 Å². The lowest BCUT2D eigenvalue weighted by atomic mass is 9.86. The van der Waals surface area contributed by atoms with Crippen LogP contribution in [0.1, 0.15) is 59.5 Å². The van der Waals surface area contributed by atoms with Gasteiger partial charge in [-0.2, -0.15) is 0 Å². The van der Waals surface area contributed by atoms with Gasteiger partial charge in [-0.05, 0) is 46.8 Å². The second-order valence-corrected chi connectivity index (χ2v) is 12.2. The number of hydrogen-bond donors (Lipinski definition) is 2. The number of hydrogen-bond acceptors (Lipinski definition) is 7. The molecule has 2 aromatic carbocycles. The summed E-state index contributed by atoms with van der Waals surface area (Å²) in [6, 6.07) is 11.3. The number of nitrogens with zero attached hydrogens (tertiary/aromatic N) is 1. The number of halogens is 1. The highest BCUT2D eigenvalue weighted by molar-refractivity contribution is 9.10. The Morgan fingerprint density at radius 3 is 2.56 bits per heavy atom. The molecule has 2 heterocycles. The molecular formula is C31H34BrN3O5S. The first kappa shape index (κ1) is 29.1. The highest BCUT2D eigenvalue weighted by Gasteiger charge is 2.24. The van der Waals surface area contributed by atoms with Crippen LogP contribution in [0.25, 0.3) is 22.2 Å². The lowest BCUT2D eigenvalue weighted by Gasteiger charge is -2.21. The number of carbonyl (C=O) groups excluding carboxylic acids is 2. The highest BCUT2D eigenvalue weighted by atomic mass is 79.9. The van der Waals surface area contributed by atoms with E-state index >= 15 is 0 Å². The van der Waals surface area contributed by atoms with E-state index in [1.165, 1.54) is 50.6 Å². The van der Waals surface area contributed by atoms with Gasteiger partial charge in [0.2, 0.25) is 0 Å². The zero-order valence-corrected chi connectivity index (χ0v) is 25.9. The van der Waals surface area contributed by atoms with Crippen LogP contribution in [0.4, 0.5) is 5.13 Å². The Kier molecular flexibility index (Phi) is 9.29. The zero-order chi connectivity index (χ0) is 28.9. The molecule has 0 bridgehead atoms. The molecule has 0 saturated heterocycles. The van der Waals surface area contributed by atoms with Crippen molar-refractivity contribution in [1.82, 2.24) is 9.97 Å². The summed E-state index contributed by atoms with van der Waals surface area (Å²) >= 11 is 5.09. The number of benzene rings is 2. The van der Waals surface area contributed by atoms with Crippen molar-refractivity contribution in [3.63, 3.8) is 0 Å². The van der Waals surface area contributed by atoms with E-state index < -0.39 is 5.97 Å². The van der Waals surface area contributed by atoms with Gasteiger partial charge in [-0.25, -0.2) is 4.98 Å². The SMILES string of the molecule is COC(=O)Cc1c(C(=O)Nc2nc(-c3cc(Br)c(OC)cc3OC)c(CCC3CCCCC3)s2)[nH]c2ccccc12. The lowest BCUT2D eigenvalue weighted by Crippen LogP contribution is -2.16. The van der Waals surface area contributed by atoms with Gasteiger partial charge in [0.25, 0.3) is 5.91 Å². The van der Waals surface area contributed by atoms with Crippen molar-refractivity contribution >= 4 is 55.2 Å². The molecule has 0 radical (unpaired) electrons. The van der Waals surface area contributed by atoms with E-state index in [9.17, 15) is 9.59 Å². The Bertz CT molecular complexity index is 1560. The Morgan fingerprint density at radius 1 is 1.07 bits per heavy atom. The molecule has 2 aromatic heterocycles. The normalized spacial score (nSPS) is 13.8. The summed E-state index contributed by atoms with van der Waals surface area (Å²) in [5.41, 5.74) is 3.31. The average molecular weight is 641 g/mol. The van der Waals surface area contributed by atoms with Gasteiger partial charge in [-0.1, -0.05) is 50.3 Å². The number of fused-ring (bicyclic) bond motifs is 1. The van der Waals surface area contributed by atoms with Crippen molar-refractivity contribution in [3.8, 4) is 22.8 Å². The van der Waals surface area contributed by atoms with Crippen LogP contribution >= 0.6 is 27.3 Å². The molecule has 2 N–H and O–H groups in total. The molecule has 0 spiro atoms. The maximum atomic E-state index is 13.6. The Labute approximate surface area is 251 Å². The van der Waals surface area contributed by atoms with Gasteiger partial charge in [0, 0.05) is 33.0 Å². The molecule has 0 atom stereocenters. The van der Waals surface area contributed by atoms with Crippen LogP contribution in [0, 0.1) is 5.92 Å². The molecule has 10 heteroatoms. The minimum Gasteiger partial charge on any atom is -0.496 e. The van der Waals surface area contributed by atoms with Crippen molar-refractivity contribution in [2.24, 2.45) is 5.92 Å². The monoisotopic (exact) mass is 639 g/mol. The number of H-pyrrole nitrogens is 1. The van der Waals surface area contributed by atoms with Gasteiger partial charge in [0.1, 0.15) is 17.2 Å². The third kappa shape index (κ3) is 6.43. The van der Waals surface area contributed by atoms with Crippen LogP contribution in [0.5, 0.6) is 11.5 Å². The van der Waals surface area contributed by atoms with Gasteiger partial charge in [0.15, 0.2) is 5.13 Å². The van der Waals surface area contributed by atoms with Crippen LogP contribution in [0.3, 0.4) is 0 Å². The van der Waals surface area contributed by atoms with Crippen LogP contribution < -0.4 is 14.8 Å². The Morgan fingerprint density at radius 2 is 1.83 bits per heavy atom. The van der Waals surface area contributed by atoms with Crippen molar-refractivity contribution in [3.05, 3.63) is 57.0 Å². The van der Waals surface area contributed by atoms with E-state index in [1.54, 1.807) is 14.2 Å². The van der Waals surface area contributed by atoms with E-state index in [0.29, 0.717) is 33.8 Å². The largest absolute Gasteiger partial charge is 0.496 e. The molecule has 0 unspecified atom stereocenters. The second-order valence-electron chi connectivity index (χ2n) is 10.3. The molecule has 1 amide bonds. The summed E-state index contributed by atoms with van der Waals surface area (Å²) < 4.78 is 16.9. The van der Waals surface area contributed by atoms with Crippen molar-refractivity contribution in [1.29, 1.82) is 0 Å². The van der Waals surface area contributed by atoms with E-state index in [4.69, 9.17) is 19.2 Å². The molecule has 0 aliphatic heterocycles. The predicted octanol–water partition coefficient (Wildman–Crippen LogP) is 7.55. The summed E-state index contributed by atoms with van der Waals surface area (Å²) in [5, 5.41) is 4.30. The first-order chi connectivity index (χ1) is 19.9. The molecule has 41 heavy (non-hydrogen) atoms. The minimum atomic E-state index is -0.414. The number of carbonyl (C=O) groups is 2. The molecule has 216 valence electrons. The van der Waals surface area contributed by atoms with Gasteiger partial charge < -0.3 is 19.2 Å². The summed E-state index contributed by atoms with van der Waals surface area (Å²) in [6.45, 7) is 0. The van der Waals surface area contributed by atoms with Crippen molar-refractivity contribution in [2.75, 3.05) is 26.6 Å². The predicted molar refractivity (Wildman–Crippen MR) is 165 cm³/mol. The number of thiazole rings is 1. The molecule has 1 aliphatic rings. The molecule has 5 rings (SSSR count). The van der Waals surface area contributed by atoms with Gasteiger partial charge in [-0.15, -0.1) is 11.3 Å². The molecule has 1 saturated carbocycles. The minimum absolute atomic E-state index is 0.0178. The molecule has 8 nitrogen and oxygen atoms in total. The number of methoxy groups -OCH3 is 3. The summed E-state index contributed by atoms with van der Waals surface area (Å²) in [6.07, 6.45) is 8.35. The summed E-state index contributed by atoms with van der Waals surface area (Å²) in [5.74, 6) is 1.23. The third-order valence-corrected chi connectivity index (χ3v) is 9.39. The fourth-order valence-corrected chi connectivity index (χ4v) is 7.09. The van der Waals surface area contributed by atoms with Gasteiger partial charge in [-0.3, -0.25) is 14.9 Å². The Balaban J connectivity index is 1.50. The number of para-hydroxylation sites is 1. The molecule has 1 fully saturated rings. The van der Waals surface area contributed by atoms with E-state index in [0.717, 1.165) is 44.4 Å². The number of amides is 1. The number of rotatable bonds is 10. The van der Waals surface area contributed by atoms with E-state index in [2.05, 4.69) is 26.2 Å². The van der Waals surface area contributed by atoms with Gasteiger partial charge in [0.05, 0.1) is 37.9 Å². The van der Waals surface area contributed by atoms with Crippen LogP contribution in [-0.4, -0.2) is 43.2 Å². The number of esters is 1. The first-order valence-corrected chi connectivity index (χ1v) is 15.4. The summed E-state index contributed by atoms with van der Waals surface area (Å²) in [4.78, 5) is 35.0. The summed E-state index contributed by atoms with van der Waals surface area (Å²) in [7, 11) is 4.58. The number of ether oxygens (including phenoxy) is 3. The number of anilines is 1. The van der Waals surface area contributed by atoms with Gasteiger partial charge >= 0.3 is 5.97 Å². The fraction of sp³-hybridized carbons (Fsp3) is 0.387. The lowest BCUT2D eigenvalue weighted by molar-refractivity contribution is -0.139. The number of aryl methyl sites for hydroxylation is 1. The third-order valence-electron chi connectivity index (χ3n) is 7.74. The zero-order valence-electron chi connectivity index (χ0n) is 23.5. The second kappa shape index (κ2) is 13.1.